The molecule has 0 radical (unpaired) electrons. The highest BCUT2D eigenvalue weighted by atomic mass is 15.5. The summed E-state index contributed by atoms with van der Waals surface area (Å²) in [5, 5.41) is 13.8. The van der Waals surface area contributed by atoms with Crippen LogP contribution in [0, 0.1) is 6.92 Å². The van der Waals surface area contributed by atoms with E-state index in [-0.39, 0.29) is 10.8 Å². The molecule has 126 valence electrons. The minimum absolute atomic E-state index is 0.00134. The molecule has 0 aromatic heterocycles. The molecule has 1 aromatic rings. The fourth-order valence-corrected chi connectivity index (χ4v) is 2.97. The van der Waals surface area contributed by atoms with Gasteiger partial charge in [0.15, 0.2) is 0 Å². The molecular weight excluding hydrogens is 296 g/mol. The molecule has 1 aliphatic carbocycles. The molecule has 0 saturated heterocycles. The quantitative estimate of drug-likeness (QED) is 0.654. The lowest BCUT2D eigenvalue weighted by Gasteiger charge is -2.19. The molecule has 0 atom stereocenters. The minimum atomic E-state index is 0.00134. The molecule has 24 heavy (non-hydrogen) atoms. The van der Waals surface area contributed by atoms with Crippen LogP contribution in [0.5, 0.6) is 0 Å². The summed E-state index contributed by atoms with van der Waals surface area (Å²) < 4.78 is 0. The predicted molar refractivity (Wildman–Crippen MR) is 97.9 cm³/mol. The Labute approximate surface area is 144 Å². The van der Waals surface area contributed by atoms with Crippen LogP contribution < -0.4 is 0 Å². The second-order valence-corrected chi connectivity index (χ2v) is 8.53. The summed E-state index contributed by atoms with van der Waals surface area (Å²) in [7, 11) is 0. The van der Waals surface area contributed by atoms with E-state index in [1.807, 2.05) is 18.2 Å². The molecule has 1 heterocycles. The molecule has 0 unspecified atom stereocenters. The van der Waals surface area contributed by atoms with Gasteiger partial charge in [-0.25, -0.2) is 0 Å². The zero-order valence-corrected chi connectivity index (χ0v) is 15.7. The SMILES string of the molecule is Cc1ccccc1-n1nnc2c(C(C)(C)C)cc(C(C)(C)C)c-2n1. The number of aryl methyl sites for hydroxylation is 1. The zero-order chi connectivity index (χ0) is 17.7. The number of nitrogens with zero attached hydrogens (tertiary/aromatic N) is 4. The Balaban J connectivity index is 2.29. The summed E-state index contributed by atoms with van der Waals surface area (Å²) in [4.78, 5) is 1.65. The Bertz CT molecular complexity index is 847. The molecular formula is C20H26N4. The first-order valence-electron chi connectivity index (χ1n) is 8.43. The number of rotatable bonds is 1. The summed E-state index contributed by atoms with van der Waals surface area (Å²) in [6.45, 7) is 15.3. The van der Waals surface area contributed by atoms with Crippen molar-refractivity contribution in [2.45, 2.75) is 59.3 Å². The molecule has 4 heteroatoms. The van der Waals surface area contributed by atoms with E-state index in [1.165, 1.54) is 11.1 Å². The Hall–Kier alpha value is -2.23. The molecule has 0 spiro atoms. The highest BCUT2D eigenvalue weighted by molar-refractivity contribution is 5.70. The molecule has 3 rings (SSSR count). The first-order chi connectivity index (χ1) is 11.1. The first-order valence-corrected chi connectivity index (χ1v) is 8.43. The lowest BCUT2D eigenvalue weighted by Crippen LogP contribution is -2.17. The van der Waals surface area contributed by atoms with Crippen LogP contribution in [-0.4, -0.2) is 20.2 Å². The van der Waals surface area contributed by atoms with Crippen molar-refractivity contribution in [3.8, 4) is 17.1 Å². The van der Waals surface area contributed by atoms with Gasteiger partial charge >= 0.3 is 0 Å². The van der Waals surface area contributed by atoms with Crippen LogP contribution in [0.1, 0.15) is 58.2 Å². The predicted octanol–water partition coefficient (Wildman–Crippen LogP) is 4.67. The van der Waals surface area contributed by atoms with Crippen molar-refractivity contribution in [1.82, 2.24) is 20.2 Å². The van der Waals surface area contributed by atoms with Gasteiger partial charge in [0.2, 0.25) is 0 Å². The van der Waals surface area contributed by atoms with E-state index in [9.17, 15) is 0 Å². The van der Waals surface area contributed by atoms with Gasteiger partial charge in [-0.2, -0.15) is 0 Å². The van der Waals surface area contributed by atoms with Gasteiger partial charge in [0, 0.05) is 0 Å². The third-order valence-corrected chi connectivity index (χ3v) is 4.39. The fraction of sp³-hybridized carbons (Fsp3) is 0.450. The first kappa shape index (κ1) is 16.6. The van der Waals surface area contributed by atoms with Crippen molar-refractivity contribution < 1.29 is 0 Å². The number of hydrogen-bond donors (Lipinski definition) is 0. The van der Waals surface area contributed by atoms with Crippen LogP contribution in [-0.2, 0) is 10.8 Å². The second kappa shape index (κ2) is 5.40. The van der Waals surface area contributed by atoms with E-state index < -0.39 is 0 Å². The van der Waals surface area contributed by atoms with Gasteiger partial charge in [-0.15, -0.1) is 15.0 Å². The maximum atomic E-state index is 4.85. The van der Waals surface area contributed by atoms with Crippen LogP contribution in [0.2, 0.25) is 0 Å². The van der Waals surface area contributed by atoms with E-state index in [2.05, 4.69) is 70.9 Å². The van der Waals surface area contributed by atoms with Crippen LogP contribution in [0.4, 0.5) is 0 Å². The largest absolute Gasteiger partial charge is 0.146 e. The minimum Gasteiger partial charge on any atom is -0.146 e. The number of benzene rings is 1. The monoisotopic (exact) mass is 322 g/mol. The Morgan fingerprint density at radius 3 is 2.00 bits per heavy atom. The molecule has 0 bridgehead atoms. The van der Waals surface area contributed by atoms with Crippen LogP contribution in [0.25, 0.3) is 17.1 Å². The maximum absolute atomic E-state index is 4.85. The molecule has 0 fully saturated rings. The average molecular weight is 322 g/mol. The average Bonchev–Trinajstić information content (AvgIpc) is 2.86. The topological polar surface area (TPSA) is 43.6 Å². The fourth-order valence-electron chi connectivity index (χ4n) is 2.97. The molecule has 1 aliphatic heterocycles. The van der Waals surface area contributed by atoms with Gasteiger partial charge in [0.05, 0.1) is 5.69 Å². The Morgan fingerprint density at radius 1 is 0.833 bits per heavy atom. The summed E-state index contributed by atoms with van der Waals surface area (Å²) >= 11 is 0. The van der Waals surface area contributed by atoms with Crippen molar-refractivity contribution in [2.75, 3.05) is 0 Å². The normalized spacial score (nSPS) is 12.8. The van der Waals surface area contributed by atoms with E-state index in [0.29, 0.717) is 0 Å². The number of aromatic nitrogens is 4. The van der Waals surface area contributed by atoms with Crippen molar-refractivity contribution in [3.05, 3.63) is 47.0 Å². The molecule has 1 aromatic carbocycles. The van der Waals surface area contributed by atoms with Gasteiger partial charge in [0.1, 0.15) is 11.4 Å². The van der Waals surface area contributed by atoms with Crippen molar-refractivity contribution >= 4 is 0 Å². The van der Waals surface area contributed by atoms with Crippen molar-refractivity contribution in [2.24, 2.45) is 0 Å². The standard InChI is InChI=1S/C20H26N4/c1-13-10-8-9-11-16(13)24-22-18-15(20(5,6)7)12-14(19(2,3)4)17(18)21-23-24/h8-12H,1-7H3. The van der Waals surface area contributed by atoms with Gasteiger partial charge in [-0.1, -0.05) is 65.8 Å². The third kappa shape index (κ3) is 2.81. The van der Waals surface area contributed by atoms with Crippen LogP contribution in [0.15, 0.2) is 30.3 Å². The molecule has 2 aliphatic rings. The Morgan fingerprint density at radius 2 is 1.42 bits per heavy atom. The molecule has 0 N–H and O–H groups in total. The number of para-hydroxylation sites is 1. The summed E-state index contributed by atoms with van der Waals surface area (Å²) in [5.74, 6) is 0. The van der Waals surface area contributed by atoms with Gasteiger partial charge in [-0.3, -0.25) is 0 Å². The highest BCUT2D eigenvalue weighted by Crippen LogP contribution is 2.41. The highest BCUT2D eigenvalue weighted by Gasteiger charge is 2.32. The zero-order valence-electron chi connectivity index (χ0n) is 15.7. The summed E-state index contributed by atoms with van der Waals surface area (Å²) in [6.07, 6.45) is 0. The van der Waals surface area contributed by atoms with Crippen molar-refractivity contribution in [3.63, 3.8) is 0 Å². The van der Waals surface area contributed by atoms with Gasteiger partial charge < -0.3 is 0 Å². The maximum Gasteiger partial charge on any atom is 0.119 e. The van der Waals surface area contributed by atoms with E-state index in [4.69, 9.17) is 5.10 Å². The van der Waals surface area contributed by atoms with Crippen LogP contribution >= 0.6 is 0 Å². The van der Waals surface area contributed by atoms with E-state index >= 15 is 0 Å². The Kier molecular flexibility index (Phi) is 3.74. The van der Waals surface area contributed by atoms with Crippen LogP contribution in [0.3, 0.4) is 0 Å². The third-order valence-electron chi connectivity index (χ3n) is 4.39. The molecule has 4 nitrogen and oxygen atoms in total. The molecule has 0 saturated carbocycles. The lowest BCUT2D eigenvalue weighted by molar-refractivity contribution is 0.579. The second-order valence-electron chi connectivity index (χ2n) is 8.53. The summed E-state index contributed by atoms with van der Waals surface area (Å²) in [5.41, 5.74) is 6.39. The number of fused-ring (bicyclic) bond motifs is 1. The van der Waals surface area contributed by atoms with Gasteiger partial charge in [0.25, 0.3) is 0 Å². The lowest BCUT2D eigenvalue weighted by atomic mass is 9.86. The van der Waals surface area contributed by atoms with E-state index in [1.54, 1.807) is 4.80 Å². The van der Waals surface area contributed by atoms with E-state index in [0.717, 1.165) is 22.6 Å². The summed E-state index contributed by atoms with van der Waals surface area (Å²) in [6, 6.07) is 10.4. The van der Waals surface area contributed by atoms with Crippen molar-refractivity contribution in [1.29, 1.82) is 0 Å². The number of hydrogen-bond acceptors (Lipinski definition) is 3. The molecule has 0 amide bonds. The smallest absolute Gasteiger partial charge is 0.119 e. The van der Waals surface area contributed by atoms with Gasteiger partial charge in [-0.05, 0) is 45.7 Å².